The smallest absolute Gasteiger partial charge is 0.115 e. The fourth-order valence-corrected chi connectivity index (χ4v) is 4.06. The number of aromatic hydroxyl groups is 2. The van der Waals surface area contributed by atoms with Gasteiger partial charge in [-0.3, -0.25) is 0 Å². The van der Waals surface area contributed by atoms with Gasteiger partial charge in [0.25, 0.3) is 0 Å². The van der Waals surface area contributed by atoms with Crippen LogP contribution in [0.3, 0.4) is 0 Å². The average Bonchev–Trinajstić information content (AvgIpc) is 3.06. The number of phenolic OH excluding ortho intramolecular Hbond substituents is 2. The maximum atomic E-state index is 9.90. The Morgan fingerprint density at radius 2 is 1.50 bits per heavy atom. The second kappa shape index (κ2) is 6.39. The molecule has 0 saturated heterocycles. The van der Waals surface area contributed by atoms with Crippen LogP contribution in [0.5, 0.6) is 11.5 Å². The number of rotatable bonds is 2. The Morgan fingerprint density at radius 3 is 2.29 bits per heavy atom. The predicted molar refractivity (Wildman–Crippen MR) is 112 cm³/mol. The summed E-state index contributed by atoms with van der Waals surface area (Å²) in [6, 6.07) is 22.3. The van der Waals surface area contributed by atoms with Crippen molar-refractivity contribution in [3.05, 3.63) is 88.9 Å². The van der Waals surface area contributed by atoms with Gasteiger partial charge in [-0.1, -0.05) is 29.8 Å². The molecule has 0 aliphatic heterocycles. The van der Waals surface area contributed by atoms with E-state index in [1.54, 1.807) is 24.3 Å². The first kappa shape index (κ1) is 16.8. The Morgan fingerprint density at radius 1 is 0.750 bits per heavy atom. The van der Waals surface area contributed by atoms with E-state index in [2.05, 4.69) is 6.07 Å². The Bertz CT molecular complexity index is 1220. The molecule has 3 nitrogen and oxygen atoms in total. The normalized spacial score (nSPS) is 11.9. The lowest BCUT2D eigenvalue weighted by molar-refractivity contribution is 0.474. The van der Waals surface area contributed by atoms with Gasteiger partial charge in [-0.15, -0.1) is 0 Å². The molecule has 0 spiro atoms. The molecule has 1 aromatic heterocycles. The largest absolute Gasteiger partial charge is 0.508 e. The van der Waals surface area contributed by atoms with E-state index in [1.807, 2.05) is 42.5 Å². The molecule has 0 atom stereocenters. The van der Waals surface area contributed by atoms with Crippen molar-refractivity contribution >= 4 is 11.6 Å². The van der Waals surface area contributed by atoms with Gasteiger partial charge in [0.1, 0.15) is 11.5 Å². The molecule has 1 heterocycles. The van der Waals surface area contributed by atoms with E-state index in [-0.39, 0.29) is 11.5 Å². The first-order valence-corrected chi connectivity index (χ1v) is 9.38. The van der Waals surface area contributed by atoms with Crippen LogP contribution >= 0.6 is 11.6 Å². The number of phenols is 2. The van der Waals surface area contributed by atoms with Gasteiger partial charge in [0, 0.05) is 28.1 Å². The van der Waals surface area contributed by atoms with Crippen LogP contribution in [-0.2, 0) is 6.42 Å². The summed E-state index contributed by atoms with van der Waals surface area (Å²) in [6.07, 6.45) is 0.697. The predicted octanol–water partition coefficient (Wildman–Crippen LogP) is 6.05. The van der Waals surface area contributed by atoms with Crippen molar-refractivity contribution in [1.82, 2.24) is 4.98 Å². The summed E-state index contributed by atoms with van der Waals surface area (Å²) in [4.78, 5) is 4.93. The fourth-order valence-electron chi connectivity index (χ4n) is 3.82. The summed E-state index contributed by atoms with van der Waals surface area (Å²) >= 11 is 6.52. The van der Waals surface area contributed by atoms with E-state index in [1.165, 1.54) is 0 Å². The Balaban J connectivity index is 1.79. The molecule has 4 aromatic rings. The first-order chi connectivity index (χ1) is 13.6. The second-order valence-corrected chi connectivity index (χ2v) is 7.33. The minimum Gasteiger partial charge on any atom is -0.508 e. The van der Waals surface area contributed by atoms with E-state index in [4.69, 9.17) is 16.6 Å². The molecule has 0 unspecified atom stereocenters. The maximum absolute atomic E-state index is 9.90. The van der Waals surface area contributed by atoms with Crippen molar-refractivity contribution in [2.45, 2.75) is 6.42 Å². The molecule has 136 valence electrons. The van der Waals surface area contributed by atoms with Crippen molar-refractivity contribution in [3.8, 4) is 45.1 Å². The van der Waals surface area contributed by atoms with Gasteiger partial charge in [-0.2, -0.15) is 0 Å². The monoisotopic (exact) mass is 385 g/mol. The zero-order valence-electron chi connectivity index (χ0n) is 14.9. The Kier molecular flexibility index (Phi) is 3.85. The van der Waals surface area contributed by atoms with E-state index in [0.717, 1.165) is 44.8 Å². The highest BCUT2D eigenvalue weighted by atomic mass is 35.5. The topological polar surface area (TPSA) is 53.4 Å². The van der Waals surface area contributed by atoms with Gasteiger partial charge in [0.05, 0.1) is 11.4 Å². The highest BCUT2D eigenvalue weighted by Gasteiger charge is 2.25. The number of pyridine rings is 1. The third-order valence-electron chi connectivity index (χ3n) is 5.16. The highest BCUT2D eigenvalue weighted by molar-refractivity contribution is 6.33. The van der Waals surface area contributed by atoms with Crippen LogP contribution in [0.4, 0.5) is 0 Å². The molecule has 4 heteroatoms. The third-order valence-corrected chi connectivity index (χ3v) is 5.49. The van der Waals surface area contributed by atoms with Crippen molar-refractivity contribution in [3.63, 3.8) is 0 Å². The van der Waals surface area contributed by atoms with Crippen LogP contribution in [-0.4, -0.2) is 15.2 Å². The molecular weight excluding hydrogens is 370 g/mol. The van der Waals surface area contributed by atoms with Gasteiger partial charge >= 0.3 is 0 Å². The summed E-state index contributed by atoms with van der Waals surface area (Å²) in [5, 5.41) is 20.2. The molecular formula is C24H16ClNO2. The molecule has 0 saturated carbocycles. The fraction of sp³-hybridized carbons (Fsp3) is 0.0417. The number of fused-ring (bicyclic) bond motifs is 3. The molecule has 0 radical (unpaired) electrons. The molecule has 28 heavy (non-hydrogen) atoms. The zero-order chi connectivity index (χ0) is 19.3. The molecule has 2 N–H and O–H groups in total. The number of benzene rings is 3. The van der Waals surface area contributed by atoms with Crippen LogP contribution < -0.4 is 0 Å². The van der Waals surface area contributed by atoms with Crippen LogP contribution in [0.1, 0.15) is 11.1 Å². The lowest BCUT2D eigenvalue weighted by Crippen LogP contribution is -1.95. The summed E-state index contributed by atoms with van der Waals surface area (Å²) in [5.41, 5.74) is 7.83. The van der Waals surface area contributed by atoms with Crippen molar-refractivity contribution in [1.29, 1.82) is 0 Å². The number of halogens is 1. The van der Waals surface area contributed by atoms with Crippen molar-refractivity contribution in [2.75, 3.05) is 0 Å². The SMILES string of the molecule is Oc1ccc(-c2cc(-c3ccccc3Cl)c3c(n2)-c2ccc(O)cc2C3)cc1. The first-order valence-electron chi connectivity index (χ1n) is 9.00. The molecule has 0 bridgehead atoms. The summed E-state index contributed by atoms with van der Waals surface area (Å²) in [7, 11) is 0. The molecule has 1 aliphatic rings. The van der Waals surface area contributed by atoms with Gasteiger partial charge in [0.2, 0.25) is 0 Å². The summed E-state index contributed by atoms with van der Waals surface area (Å²) < 4.78 is 0. The van der Waals surface area contributed by atoms with Gasteiger partial charge in [-0.05, 0) is 71.3 Å². The number of hydrogen-bond donors (Lipinski definition) is 2. The minimum absolute atomic E-state index is 0.219. The van der Waals surface area contributed by atoms with Gasteiger partial charge < -0.3 is 10.2 Å². The third kappa shape index (κ3) is 2.72. The maximum Gasteiger partial charge on any atom is 0.115 e. The van der Waals surface area contributed by atoms with E-state index >= 15 is 0 Å². The molecule has 5 rings (SSSR count). The molecule has 0 fully saturated rings. The van der Waals surface area contributed by atoms with E-state index in [0.29, 0.717) is 11.4 Å². The van der Waals surface area contributed by atoms with Crippen LogP contribution in [0, 0.1) is 0 Å². The minimum atomic E-state index is 0.219. The zero-order valence-corrected chi connectivity index (χ0v) is 15.6. The second-order valence-electron chi connectivity index (χ2n) is 6.93. The van der Waals surface area contributed by atoms with Gasteiger partial charge in [0.15, 0.2) is 0 Å². The Hall–Kier alpha value is -3.30. The number of hydrogen-bond acceptors (Lipinski definition) is 3. The summed E-state index contributed by atoms with van der Waals surface area (Å²) in [5.74, 6) is 0.474. The number of nitrogens with zero attached hydrogens (tertiary/aromatic N) is 1. The average molecular weight is 386 g/mol. The molecule has 0 amide bonds. The Labute approximate surface area is 167 Å². The van der Waals surface area contributed by atoms with Crippen molar-refractivity contribution in [2.24, 2.45) is 0 Å². The lowest BCUT2D eigenvalue weighted by atomic mass is 9.96. The quantitative estimate of drug-likeness (QED) is 0.389. The van der Waals surface area contributed by atoms with Gasteiger partial charge in [-0.25, -0.2) is 4.98 Å². The van der Waals surface area contributed by atoms with E-state index in [9.17, 15) is 10.2 Å². The molecule has 1 aliphatic carbocycles. The molecule has 3 aromatic carbocycles. The summed E-state index contributed by atoms with van der Waals surface area (Å²) in [6.45, 7) is 0. The standard InChI is InChI=1S/C24H16ClNO2/c25-22-4-2-1-3-19(22)20-13-23(14-5-7-16(27)8-6-14)26-24-18-10-9-17(28)11-15(18)12-21(20)24/h1-11,13,27-28H,12H2. The van der Waals surface area contributed by atoms with E-state index < -0.39 is 0 Å². The van der Waals surface area contributed by atoms with Crippen LogP contribution in [0.25, 0.3) is 33.6 Å². The van der Waals surface area contributed by atoms with Crippen LogP contribution in [0.2, 0.25) is 5.02 Å². The van der Waals surface area contributed by atoms with Crippen LogP contribution in [0.15, 0.2) is 72.8 Å². The number of aromatic nitrogens is 1. The van der Waals surface area contributed by atoms with Crippen molar-refractivity contribution < 1.29 is 10.2 Å². The lowest BCUT2D eigenvalue weighted by Gasteiger charge is -2.13. The highest BCUT2D eigenvalue weighted by Crippen LogP contribution is 2.44.